The van der Waals surface area contributed by atoms with Gasteiger partial charge in [-0.25, -0.2) is 0 Å². The molecule has 0 aliphatic carbocycles. The van der Waals surface area contributed by atoms with Crippen molar-refractivity contribution in [2.45, 2.75) is 39.5 Å². The molecule has 0 spiro atoms. The molecule has 0 fully saturated rings. The van der Waals surface area contributed by atoms with E-state index in [1.165, 1.54) is 37.2 Å². The number of rotatable bonds is 6. The zero-order valence-electron chi connectivity index (χ0n) is 10.1. The fourth-order valence-electron chi connectivity index (χ4n) is 0.980. The van der Waals surface area contributed by atoms with Crippen LogP contribution in [0.5, 0.6) is 0 Å². The molecule has 1 aromatic rings. The van der Waals surface area contributed by atoms with Crippen LogP contribution in [-0.4, -0.2) is 18.4 Å². The second kappa shape index (κ2) is 13.8. The van der Waals surface area contributed by atoms with Gasteiger partial charge >= 0.3 is 37.0 Å². The van der Waals surface area contributed by atoms with Gasteiger partial charge < -0.3 is 0 Å². The SMILES string of the molecule is CCCCSCCCC.b1ccccc1. The van der Waals surface area contributed by atoms with Crippen molar-refractivity contribution in [1.29, 1.82) is 0 Å². The Bertz CT molecular complexity index is 156. The average Bonchev–Trinajstić information content (AvgIpc) is 2.32. The van der Waals surface area contributed by atoms with Crippen LogP contribution in [-0.2, 0) is 0 Å². The van der Waals surface area contributed by atoms with Crippen LogP contribution in [0.1, 0.15) is 39.5 Å². The molecule has 0 aromatic carbocycles. The molecule has 0 aliphatic rings. The van der Waals surface area contributed by atoms with Gasteiger partial charge in [-0.1, -0.05) is 26.7 Å². The Balaban J connectivity index is 0.000000280. The van der Waals surface area contributed by atoms with Crippen molar-refractivity contribution in [3.8, 4) is 0 Å². The zero-order valence-corrected chi connectivity index (χ0v) is 10.9. The van der Waals surface area contributed by atoms with E-state index < -0.39 is 0 Å². The van der Waals surface area contributed by atoms with Crippen LogP contribution in [0.15, 0.2) is 30.1 Å². The summed E-state index contributed by atoms with van der Waals surface area (Å²) in [6.45, 7) is 6.50. The van der Waals surface area contributed by atoms with Gasteiger partial charge in [-0.15, -0.1) is 0 Å². The van der Waals surface area contributed by atoms with Crippen LogP contribution >= 0.6 is 11.8 Å². The van der Waals surface area contributed by atoms with E-state index in [1.807, 2.05) is 37.0 Å². The molecule has 15 heavy (non-hydrogen) atoms. The molecule has 0 saturated carbocycles. The fourth-order valence-corrected chi connectivity index (χ4v) is 2.17. The van der Waals surface area contributed by atoms with Gasteiger partial charge in [0.2, 0.25) is 0 Å². The molecular formula is C13H23BS. The van der Waals surface area contributed by atoms with Crippen LogP contribution in [0.4, 0.5) is 0 Å². The minimum absolute atomic E-state index is 1.35. The first-order valence-electron chi connectivity index (χ1n) is 5.99. The number of hydrogen-bond acceptors (Lipinski definition) is 1. The molecule has 84 valence electrons. The van der Waals surface area contributed by atoms with E-state index in [-0.39, 0.29) is 0 Å². The molecule has 0 bridgehead atoms. The molecule has 2 heteroatoms. The van der Waals surface area contributed by atoms with Crippen molar-refractivity contribution in [3.63, 3.8) is 0 Å². The van der Waals surface area contributed by atoms with Gasteiger partial charge in [0.05, 0.1) is 0 Å². The third-order valence-corrected chi connectivity index (χ3v) is 3.11. The molecule has 0 unspecified atom stereocenters. The van der Waals surface area contributed by atoms with Crippen LogP contribution < -0.4 is 0 Å². The number of hydrogen-bond donors (Lipinski definition) is 0. The fraction of sp³-hybridized carbons (Fsp3) is 0.615. The first kappa shape index (κ1) is 14.8. The summed E-state index contributed by atoms with van der Waals surface area (Å²) in [4.78, 5) is 0. The van der Waals surface area contributed by atoms with Gasteiger partial charge in [-0.2, -0.15) is 11.8 Å². The number of unbranched alkanes of at least 4 members (excludes halogenated alkanes) is 2. The summed E-state index contributed by atoms with van der Waals surface area (Å²) in [6.07, 6.45) is 5.49. The molecule has 0 atom stereocenters. The Morgan fingerprint density at radius 1 is 0.867 bits per heavy atom. The maximum absolute atomic E-state index is 2.25. The summed E-state index contributed by atoms with van der Waals surface area (Å²) < 4.78 is 0. The molecule has 0 amide bonds. The van der Waals surface area contributed by atoms with Gasteiger partial charge in [0, 0.05) is 0 Å². The van der Waals surface area contributed by atoms with Gasteiger partial charge in [-0.3, -0.25) is 0 Å². The van der Waals surface area contributed by atoms with Gasteiger partial charge in [0.15, 0.2) is 0 Å². The number of thioether (sulfide) groups is 1. The molecule has 1 rings (SSSR count). The molecule has 0 aliphatic heterocycles. The Hall–Kier alpha value is -0.235. The van der Waals surface area contributed by atoms with Gasteiger partial charge in [-0.05, 0) is 24.3 Å². The van der Waals surface area contributed by atoms with E-state index in [1.54, 1.807) is 0 Å². The van der Waals surface area contributed by atoms with E-state index in [9.17, 15) is 0 Å². The Morgan fingerprint density at radius 3 is 1.67 bits per heavy atom. The third-order valence-electron chi connectivity index (χ3n) is 1.95. The monoisotopic (exact) mass is 222 g/mol. The van der Waals surface area contributed by atoms with Crippen LogP contribution in [0.2, 0.25) is 0 Å². The van der Waals surface area contributed by atoms with E-state index >= 15 is 0 Å². The maximum atomic E-state index is 2.25. The first-order chi connectivity index (χ1) is 7.41. The predicted molar refractivity (Wildman–Crippen MR) is 74.9 cm³/mol. The van der Waals surface area contributed by atoms with Crippen molar-refractivity contribution in [2.24, 2.45) is 0 Å². The summed E-state index contributed by atoms with van der Waals surface area (Å²) in [5.41, 5.74) is 0. The average molecular weight is 222 g/mol. The molecule has 0 saturated heterocycles. The van der Waals surface area contributed by atoms with Crippen molar-refractivity contribution in [1.82, 2.24) is 0 Å². The Labute approximate surface area is 100 Å². The summed E-state index contributed by atoms with van der Waals surface area (Å²) in [6, 6.07) is 6.00. The van der Waals surface area contributed by atoms with Crippen molar-refractivity contribution in [2.75, 3.05) is 11.5 Å². The van der Waals surface area contributed by atoms with Crippen molar-refractivity contribution >= 4 is 18.7 Å². The Morgan fingerprint density at radius 2 is 1.40 bits per heavy atom. The van der Waals surface area contributed by atoms with Crippen LogP contribution in [0.25, 0.3) is 0 Å². The molecule has 1 heterocycles. The van der Waals surface area contributed by atoms with E-state index in [4.69, 9.17) is 0 Å². The van der Waals surface area contributed by atoms with Crippen LogP contribution in [0.3, 0.4) is 0 Å². The molecular weight excluding hydrogens is 199 g/mol. The van der Waals surface area contributed by atoms with Crippen LogP contribution in [0, 0.1) is 0 Å². The van der Waals surface area contributed by atoms with Crippen molar-refractivity contribution in [3.05, 3.63) is 30.1 Å². The van der Waals surface area contributed by atoms with Crippen molar-refractivity contribution < 1.29 is 0 Å². The standard InChI is InChI=1S/C8H18S.C5H5B/c1-3-5-7-9-8-6-4-2;1-2-4-6-5-3-1/h3-8H2,1-2H3;1-5H. The second-order valence-corrected chi connectivity index (χ2v) is 4.70. The second-order valence-electron chi connectivity index (χ2n) is 3.47. The molecule has 1 aromatic heterocycles. The summed E-state index contributed by atoms with van der Waals surface area (Å²) >= 11 is 2.10. The quantitative estimate of drug-likeness (QED) is 0.645. The van der Waals surface area contributed by atoms with Gasteiger partial charge in [0.25, 0.3) is 0 Å². The topological polar surface area (TPSA) is 0 Å². The summed E-state index contributed by atoms with van der Waals surface area (Å²) in [5.74, 6) is 6.74. The molecule has 0 N–H and O–H groups in total. The third kappa shape index (κ3) is 13.8. The Kier molecular flexibility index (Phi) is 13.5. The molecule has 0 radical (unpaired) electrons. The zero-order chi connectivity index (χ0) is 11.2. The first-order valence-corrected chi connectivity index (χ1v) is 7.15. The van der Waals surface area contributed by atoms with E-state index in [2.05, 4.69) is 25.6 Å². The van der Waals surface area contributed by atoms with E-state index in [0.29, 0.717) is 0 Å². The van der Waals surface area contributed by atoms with Gasteiger partial charge in [0.1, 0.15) is 0 Å². The predicted octanol–water partition coefficient (Wildman–Crippen LogP) is 4.34. The minimum atomic E-state index is 1.35. The summed E-state index contributed by atoms with van der Waals surface area (Å²) in [5, 5.41) is 0. The van der Waals surface area contributed by atoms with E-state index in [0.717, 1.165) is 0 Å². The normalized spacial score (nSPS) is 8.93. The summed E-state index contributed by atoms with van der Waals surface area (Å²) in [7, 11) is 0. The molecule has 0 nitrogen and oxygen atoms in total.